The largest absolute Gasteiger partial charge is 0.478 e. The Hall–Kier alpha value is -3.07. The SMILES string of the molecule is CS(=O)(=O)N1CCC(C(=O)NCc2ccc(CN3CCc4ccccc4C3)cc2)Oc2ccc(Cl)cc21. The Labute approximate surface area is 223 Å². The molecule has 2 heterocycles. The van der Waals surface area contributed by atoms with Gasteiger partial charge in [-0.2, -0.15) is 0 Å². The van der Waals surface area contributed by atoms with Gasteiger partial charge in [-0.1, -0.05) is 60.1 Å². The summed E-state index contributed by atoms with van der Waals surface area (Å²) in [5.41, 5.74) is 5.41. The molecule has 1 N–H and O–H groups in total. The van der Waals surface area contributed by atoms with E-state index in [1.165, 1.54) is 21.0 Å². The number of anilines is 1. The molecule has 5 rings (SSSR count). The third kappa shape index (κ3) is 6.09. The fourth-order valence-corrected chi connectivity index (χ4v) is 6.00. The molecule has 7 nitrogen and oxygen atoms in total. The van der Waals surface area contributed by atoms with E-state index in [9.17, 15) is 13.2 Å². The molecule has 0 bridgehead atoms. The van der Waals surface area contributed by atoms with E-state index in [0.29, 0.717) is 23.0 Å². The lowest BCUT2D eigenvalue weighted by molar-refractivity contribution is -0.128. The van der Waals surface area contributed by atoms with Gasteiger partial charge in [0.15, 0.2) is 6.10 Å². The maximum absolute atomic E-state index is 13.0. The van der Waals surface area contributed by atoms with Crippen LogP contribution >= 0.6 is 11.6 Å². The van der Waals surface area contributed by atoms with Crippen molar-refractivity contribution in [2.45, 2.75) is 38.6 Å². The van der Waals surface area contributed by atoms with E-state index in [4.69, 9.17) is 16.3 Å². The van der Waals surface area contributed by atoms with Crippen LogP contribution in [0.15, 0.2) is 66.7 Å². The van der Waals surface area contributed by atoms with Gasteiger partial charge in [0.25, 0.3) is 5.91 Å². The van der Waals surface area contributed by atoms with Crippen molar-refractivity contribution < 1.29 is 17.9 Å². The van der Waals surface area contributed by atoms with E-state index >= 15 is 0 Å². The van der Waals surface area contributed by atoms with Gasteiger partial charge in [0.2, 0.25) is 10.0 Å². The van der Waals surface area contributed by atoms with Crippen LogP contribution in [0.25, 0.3) is 0 Å². The maximum atomic E-state index is 13.0. The van der Waals surface area contributed by atoms with Gasteiger partial charge in [-0.25, -0.2) is 8.42 Å². The number of benzene rings is 3. The Balaban J connectivity index is 1.18. The molecule has 0 saturated carbocycles. The molecule has 3 aromatic rings. The van der Waals surface area contributed by atoms with Crippen LogP contribution in [0, 0.1) is 0 Å². The quantitative estimate of drug-likeness (QED) is 0.509. The Kier molecular flexibility index (Phi) is 7.42. The number of nitrogens with one attached hydrogen (secondary N) is 1. The first-order valence-electron chi connectivity index (χ1n) is 12.3. The van der Waals surface area contributed by atoms with Gasteiger partial charge < -0.3 is 10.1 Å². The van der Waals surface area contributed by atoms with E-state index < -0.39 is 16.1 Å². The lowest BCUT2D eigenvalue weighted by atomic mass is 9.99. The molecule has 0 spiro atoms. The third-order valence-corrected chi connectivity index (χ3v) is 8.27. The first-order valence-corrected chi connectivity index (χ1v) is 14.6. The van der Waals surface area contributed by atoms with Crippen LogP contribution < -0.4 is 14.4 Å². The van der Waals surface area contributed by atoms with E-state index in [-0.39, 0.29) is 18.9 Å². The molecule has 1 atom stereocenters. The van der Waals surface area contributed by atoms with Crippen molar-refractivity contribution in [3.8, 4) is 5.75 Å². The molecule has 0 radical (unpaired) electrons. The topological polar surface area (TPSA) is 79.0 Å². The van der Waals surface area contributed by atoms with E-state index in [1.807, 2.05) is 12.1 Å². The second-order valence-electron chi connectivity index (χ2n) is 9.61. The summed E-state index contributed by atoms with van der Waals surface area (Å²) in [7, 11) is -3.55. The number of hydrogen-bond acceptors (Lipinski definition) is 5. The number of sulfonamides is 1. The zero-order valence-electron chi connectivity index (χ0n) is 20.7. The van der Waals surface area contributed by atoms with Crippen LogP contribution in [0.3, 0.4) is 0 Å². The Morgan fingerprint density at radius 3 is 2.51 bits per heavy atom. The van der Waals surface area contributed by atoms with Crippen molar-refractivity contribution in [3.05, 3.63) is 94.0 Å². The third-order valence-electron chi connectivity index (χ3n) is 6.85. The van der Waals surface area contributed by atoms with Crippen LogP contribution in [0.5, 0.6) is 5.75 Å². The molecule has 3 aromatic carbocycles. The first-order chi connectivity index (χ1) is 17.8. The van der Waals surface area contributed by atoms with E-state index in [1.54, 1.807) is 18.2 Å². The first kappa shape index (κ1) is 25.6. The molecule has 0 aliphatic carbocycles. The average molecular weight is 540 g/mol. The summed E-state index contributed by atoms with van der Waals surface area (Å²) in [6.07, 6.45) is 1.62. The predicted octanol–water partition coefficient (Wildman–Crippen LogP) is 4.13. The molecule has 1 unspecified atom stereocenters. The van der Waals surface area contributed by atoms with Gasteiger partial charge in [-0.15, -0.1) is 0 Å². The highest BCUT2D eigenvalue weighted by molar-refractivity contribution is 7.92. The minimum atomic E-state index is -3.55. The number of carbonyl (C=O) groups is 1. The number of fused-ring (bicyclic) bond motifs is 2. The molecule has 194 valence electrons. The van der Waals surface area contributed by atoms with Gasteiger partial charge >= 0.3 is 0 Å². The molecular formula is C28H30ClN3O4S. The number of halogens is 1. The molecule has 0 aromatic heterocycles. The van der Waals surface area contributed by atoms with Gasteiger partial charge in [0.1, 0.15) is 5.75 Å². The number of hydrogen-bond donors (Lipinski definition) is 1. The highest BCUT2D eigenvalue weighted by Crippen LogP contribution is 2.36. The van der Waals surface area contributed by atoms with Crippen LogP contribution in [0.4, 0.5) is 5.69 Å². The fourth-order valence-electron chi connectivity index (χ4n) is 4.89. The van der Waals surface area contributed by atoms with E-state index in [0.717, 1.165) is 37.9 Å². The van der Waals surface area contributed by atoms with E-state index in [2.05, 4.69) is 46.6 Å². The molecule has 2 aliphatic heterocycles. The molecule has 1 amide bonds. The summed E-state index contributed by atoms with van der Waals surface area (Å²) >= 11 is 6.09. The van der Waals surface area contributed by atoms with Crippen LogP contribution in [0.2, 0.25) is 5.02 Å². The highest BCUT2D eigenvalue weighted by atomic mass is 35.5. The number of rotatable bonds is 6. The molecule has 37 heavy (non-hydrogen) atoms. The standard InChI is InChI=1S/C28H30ClN3O4S/c1-37(34,35)32-15-13-27(36-26-11-10-24(29)16-25(26)32)28(33)30-17-20-6-8-21(9-7-20)18-31-14-12-22-4-2-3-5-23(22)19-31/h2-11,16,27H,12-15,17-19H2,1H3,(H,30,33). The smallest absolute Gasteiger partial charge is 0.261 e. The van der Waals surface area contributed by atoms with Crippen molar-refractivity contribution in [1.82, 2.24) is 10.2 Å². The predicted molar refractivity (Wildman–Crippen MR) is 145 cm³/mol. The van der Waals surface area contributed by atoms with Crippen LogP contribution in [-0.2, 0) is 40.9 Å². The molecule has 9 heteroatoms. The van der Waals surface area contributed by atoms with Gasteiger partial charge in [-0.3, -0.25) is 14.0 Å². The molecule has 0 fully saturated rings. The summed E-state index contributed by atoms with van der Waals surface area (Å²) in [4.78, 5) is 15.4. The van der Waals surface area contributed by atoms with Crippen molar-refractivity contribution in [2.24, 2.45) is 0 Å². The number of amides is 1. The lowest BCUT2D eigenvalue weighted by Gasteiger charge is -2.28. The summed E-state index contributed by atoms with van der Waals surface area (Å²) < 4.78 is 31.8. The average Bonchev–Trinajstić information content (AvgIpc) is 3.07. The molecule has 2 aliphatic rings. The minimum absolute atomic E-state index is 0.125. The van der Waals surface area contributed by atoms with Gasteiger partial charge in [0, 0.05) is 44.2 Å². The Morgan fingerprint density at radius 2 is 1.76 bits per heavy atom. The number of nitrogens with zero attached hydrogens (tertiary/aromatic N) is 2. The lowest BCUT2D eigenvalue weighted by Crippen LogP contribution is -2.39. The van der Waals surface area contributed by atoms with Crippen LogP contribution in [0.1, 0.15) is 28.7 Å². The molecular weight excluding hydrogens is 510 g/mol. The number of carbonyl (C=O) groups excluding carboxylic acids is 1. The monoisotopic (exact) mass is 539 g/mol. The second kappa shape index (κ2) is 10.7. The van der Waals surface area contributed by atoms with Crippen molar-refractivity contribution in [2.75, 3.05) is 23.7 Å². The maximum Gasteiger partial charge on any atom is 0.261 e. The summed E-state index contributed by atoms with van der Waals surface area (Å²) in [5, 5.41) is 3.33. The van der Waals surface area contributed by atoms with Crippen molar-refractivity contribution in [1.29, 1.82) is 0 Å². The summed E-state index contributed by atoms with van der Waals surface area (Å²) in [5.74, 6) is 0.0319. The Morgan fingerprint density at radius 1 is 1.03 bits per heavy atom. The van der Waals surface area contributed by atoms with Crippen molar-refractivity contribution >= 4 is 33.2 Å². The number of ether oxygens (including phenoxy) is 1. The van der Waals surface area contributed by atoms with Crippen LogP contribution in [-0.4, -0.2) is 44.7 Å². The highest BCUT2D eigenvalue weighted by Gasteiger charge is 2.31. The van der Waals surface area contributed by atoms with Gasteiger partial charge in [-0.05, 0) is 46.9 Å². The fraction of sp³-hybridized carbons (Fsp3) is 0.321. The summed E-state index contributed by atoms with van der Waals surface area (Å²) in [6, 6.07) is 21.7. The van der Waals surface area contributed by atoms with Crippen molar-refractivity contribution in [3.63, 3.8) is 0 Å². The Bertz CT molecular complexity index is 1390. The second-order valence-corrected chi connectivity index (χ2v) is 11.9. The normalized spacial score (nSPS) is 17.8. The zero-order valence-corrected chi connectivity index (χ0v) is 22.3. The van der Waals surface area contributed by atoms with Gasteiger partial charge in [0.05, 0.1) is 11.9 Å². The zero-order chi connectivity index (χ0) is 26.0. The summed E-state index contributed by atoms with van der Waals surface area (Å²) in [6.45, 7) is 3.38. The minimum Gasteiger partial charge on any atom is -0.478 e. The molecule has 0 saturated heterocycles.